The van der Waals surface area contributed by atoms with E-state index < -0.39 is 5.82 Å². The molecule has 0 saturated heterocycles. The first-order chi connectivity index (χ1) is 8.04. The van der Waals surface area contributed by atoms with Crippen LogP contribution in [0.1, 0.15) is 16.8 Å². The van der Waals surface area contributed by atoms with E-state index in [0.29, 0.717) is 12.1 Å². The highest BCUT2D eigenvalue weighted by Gasteiger charge is 2.12. The minimum absolute atomic E-state index is 0.197. The van der Waals surface area contributed by atoms with Crippen LogP contribution in [-0.4, -0.2) is 36.4 Å². The van der Waals surface area contributed by atoms with Crippen molar-refractivity contribution in [2.24, 2.45) is 0 Å². The molecule has 2 N–H and O–H groups in total. The van der Waals surface area contributed by atoms with Crippen molar-refractivity contribution in [1.82, 2.24) is 4.90 Å². The monoisotopic (exact) mass is 256 g/mol. The zero-order valence-electron chi connectivity index (χ0n) is 10.1. The fraction of sp³-hybridized carbons (Fsp3) is 0.417. The number of hydrogen-bond acceptors (Lipinski definition) is 3. The highest BCUT2D eigenvalue weighted by molar-refractivity contribution is 7.98. The topological polar surface area (TPSA) is 46.3 Å². The molecule has 17 heavy (non-hydrogen) atoms. The normalized spacial score (nSPS) is 10.3. The lowest BCUT2D eigenvalue weighted by atomic mass is 10.1. The number of anilines is 1. The summed E-state index contributed by atoms with van der Waals surface area (Å²) in [7, 11) is 1.71. The maximum Gasteiger partial charge on any atom is 0.253 e. The number of benzene rings is 1. The smallest absolute Gasteiger partial charge is 0.253 e. The second-order valence-corrected chi connectivity index (χ2v) is 4.83. The Labute approximate surface area is 105 Å². The van der Waals surface area contributed by atoms with Gasteiger partial charge in [-0.05, 0) is 36.6 Å². The van der Waals surface area contributed by atoms with Gasteiger partial charge in [-0.1, -0.05) is 0 Å². The minimum atomic E-state index is -0.481. The standard InChI is InChI=1S/C12H17FN2OS/c1-15(4-3-5-17-2)12(16)9-6-10(13)8-11(14)7-9/h6-8H,3-5,14H2,1-2H3. The average molecular weight is 256 g/mol. The molecule has 0 spiro atoms. The quantitative estimate of drug-likeness (QED) is 0.649. The van der Waals surface area contributed by atoms with Crippen molar-refractivity contribution in [3.05, 3.63) is 29.6 Å². The Bertz CT molecular complexity index is 378. The fourth-order valence-corrected chi connectivity index (χ4v) is 1.92. The van der Waals surface area contributed by atoms with Crippen molar-refractivity contribution in [3.8, 4) is 0 Å². The third-order valence-electron chi connectivity index (χ3n) is 2.36. The molecule has 0 radical (unpaired) electrons. The molecule has 5 heteroatoms. The summed E-state index contributed by atoms with van der Waals surface area (Å²) in [5.41, 5.74) is 6.07. The lowest BCUT2D eigenvalue weighted by Crippen LogP contribution is -2.28. The Morgan fingerprint density at radius 2 is 2.18 bits per heavy atom. The Kier molecular flexibility index (Phi) is 5.28. The van der Waals surface area contributed by atoms with Gasteiger partial charge in [0, 0.05) is 24.8 Å². The van der Waals surface area contributed by atoms with Crippen LogP contribution in [0.4, 0.5) is 10.1 Å². The van der Waals surface area contributed by atoms with E-state index in [-0.39, 0.29) is 11.6 Å². The zero-order valence-corrected chi connectivity index (χ0v) is 10.9. The van der Waals surface area contributed by atoms with E-state index in [1.54, 1.807) is 23.7 Å². The molecule has 0 aliphatic rings. The highest BCUT2D eigenvalue weighted by Crippen LogP contribution is 2.12. The number of amides is 1. The molecule has 0 heterocycles. The molecule has 0 atom stereocenters. The van der Waals surface area contributed by atoms with Gasteiger partial charge in [0.25, 0.3) is 5.91 Å². The number of nitrogens with two attached hydrogens (primary N) is 1. The molecule has 1 amide bonds. The van der Waals surface area contributed by atoms with Crippen molar-refractivity contribution in [2.45, 2.75) is 6.42 Å². The van der Waals surface area contributed by atoms with E-state index in [0.717, 1.165) is 12.2 Å². The molecule has 0 bridgehead atoms. The maximum absolute atomic E-state index is 13.1. The van der Waals surface area contributed by atoms with Crippen LogP contribution in [0.15, 0.2) is 18.2 Å². The molecule has 1 aromatic rings. The first-order valence-electron chi connectivity index (χ1n) is 5.35. The van der Waals surface area contributed by atoms with E-state index in [1.807, 2.05) is 6.26 Å². The summed E-state index contributed by atoms with van der Waals surface area (Å²) < 4.78 is 13.1. The molecule has 0 aliphatic heterocycles. The second kappa shape index (κ2) is 6.49. The highest BCUT2D eigenvalue weighted by atomic mass is 32.2. The first-order valence-corrected chi connectivity index (χ1v) is 6.74. The Morgan fingerprint density at radius 1 is 1.47 bits per heavy atom. The third-order valence-corrected chi connectivity index (χ3v) is 3.05. The number of carbonyl (C=O) groups excluding carboxylic acids is 1. The number of rotatable bonds is 5. The summed E-state index contributed by atoms with van der Waals surface area (Å²) in [5.74, 6) is 0.325. The van der Waals surface area contributed by atoms with E-state index in [1.165, 1.54) is 18.2 Å². The number of nitrogen functional groups attached to an aromatic ring is 1. The molecule has 0 aromatic heterocycles. The third kappa shape index (κ3) is 4.26. The van der Waals surface area contributed by atoms with Crippen LogP contribution >= 0.6 is 11.8 Å². The fourth-order valence-electron chi connectivity index (χ4n) is 1.50. The number of carbonyl (C=O) groups is 1. The van der Waals surface area contributed by atoms with Crippen molar-refractivity contribution in [2.75, 3.05) is 31.3 Å². The van der Waals surface area contributed by atoms with E-state index in [2.05, 4.69) is 0 Å². The number of hydrogen-bond donors (Lipinski definition) is 1. The van der Waals surface area contributed by atoms with Gasteiger partial charge in [0.1, 0.15) is 5.82 Å². The molecule has 0 fully saturated rings. The van der Waals surface area contributed by atoms with Crippen molar-refractivity contribution >= 4 is 23.4 Å². The van der Waals surface area contributed by atoms with Crippen molar-refractivity contribution in [1.29, 1.82) is 0 Å². The predicted molar refractivity (Wildman–Crippen MR) is 70.8 cm³/mol. The molecular weight excluding hydrogens is 239 g/mol. The lowest BCUT2D eigenvalue weighted by Gasteiger charge is -2.17. The van der Waals surface area contributed by atoms with Crippen LogP contribution in [0.3, 0.4) is 0 Å². The van der Waals surface area contributed by atoms with Gasteiger partial charge >= 0.3 is 0 Å². The molecule has 1 aromatic carbocycles. The number of nitrogens with zero attached hydrogens (tertiary/aromatic N) is 1. The summed E-state index contributed by atoms with van der Waals surface area (Å²) in [6.45, 7) is 0.663. The van der Waals surface area contributed by atoms with Gasteiger partial charge in [-0.2, -0.15) is 11.8 Å². The van der Waals surface area contributed by atoms with E-state index in [4.69, 9.17) is 5.73 Å². The minimum Gasteiger partial charge on any atom is -0.399 e. The molecule has 3 nitrogen and oxygen atoms in total. The van der Waals surface area contributed by atoms with Crippen LogP contribution < -0.4 is 5.73 Å². The van der Waals surface area contributed by atoms with Gasteiger partial charge in [0.05, 0.1) is 0 Å². The van der Waals surface area contributed by atoms with Crippen LogP contribution in [0.25, 0.3) is 0 Å². The van der Waals surface area contributed by atoms with Gasteiger partial charge in [0.2, 0.25) is 0 Å². The van der Waals surface area contributed by atoms with E-state index in [9.17, 15) is 9.18 Å². The molecule has 94 valence electrons. The van der Waals surface area contributed by atoms with Crippen molar-refractivity contribution in [3.63, 3.8) is 0 Å². The summed E-state index contributed by atoms with van der Waals surface area (Å²) in [5, 5.41) is 0. The summed E-state index contributed by atoms with van der Waals surface area (Å²) in [6, 6.07) is 3.91. The Balaban J connectivity index is 2.68. The lowest BCUT2D eigenvalue weighted by molar-refractivity contribution is 0.0795. The molecule has 0 aliphatic carbocycles. The Morgan fingerprint density at radius 3 is 2.76 bits per heavy atom. The van der Waals surface area contributed by atoms with Crippen LogP contribution in [0.2, 0.25) is 0 Å². The SMILES string of the molecule is CSCCCN(C)C(=O)c1cc(N)cc(F)c1. The van der Waals surface area contributed by atoms with Gasteiger partial charge in [-0.25, -0.2) is 4.39 Å². The van der Waals surface area contributed by atoms with Gasteiger partial charge < -0.3 is 10.6 Å². The van der Waals surface area contributed by atoms with Gasteiger partial charge in [0.15, 0.2) is 0 Å². The first kappa shape index (κ1) is 13.8. The predicted octanol–water partition coefficient (Wildman–Crippen LogP) is 2.23. The largest absolute Gasteiger partial charge is 0.399 e. The number of thioether (sulfide) groups is 1. The maximum atomic E-state index is 13.1. The Hall–Kier alpha value is -1.23. The number of halogens is 1. The molecule has 0 unspecified atom stereocenters. The van der Waals surface area contributed by atoms with E-state index >= 15 is 0 Å². The van der Waals surface area contributed by atoms with Crippen LogP contribution in [-0.2, 0) is 0 Å². The van der Waals surface area contributed by atoms with Crippen LogP contribution in [0, 0.1) is 5.82 Å². The molecule has 1 rings (SSSR count). The van der Waals surface area contributed by atoms with Crippen molar-refractivity contribution < 1.29 is 9.18 Å². The van der Waals surface area contributed by atoms with Crippen LogP contribution in [0.5, 0.6) is 0 Å². The van der Waals surface area contributed by atoms with Gasteiger partial charge in [-0.15, -0.1) is 0 Å². The molecule has 0 saturated carbocycles. The summed E-state index contributed by atoms with van der Waals surface area (Å²) in [4.78, 5) is 13.5. The molecular formula is C12H17FN2OS. The average Bonchev–Trinajstić information content (AvgIpc) is 2.27. The summed E-state index contributed by atoms with van der Waals surface area (Å²) in [6.07, 6.45) is 2.95. The zero-order chi connectivity index (χ0) is 12.8. The summed E-state index contributed by atoms with van der Waals surface area (Å²) >= 11 is 1.74. The second-order valence-electron chi connectivity index (χ2n) is 3.85. The van der Waals surface area contributed by atoms with Gasteiger partial charge in [-0.3, -0.25) is 4.79 Å².